The molecule has 1 aromatic rings. The molecule has 3 unspecified atom stereocenters. The Hall–Kier alpha value is -1.71. The second kappa shape index (κ2) is 6.15. The number of hydrogen-bond donors (Lipinski definition) is 2. The number of amides is 1. The van der Waals surface area contributed by atoms with Crippen LogP contribution in [-0.4, -0.2) is 53.9 Å². The van der Waals surface area contributed by atoms with Crippen molar-refractivity contribution in [3.63, 3.8) is 0 Å². The molecule has 0 spiro atoms. The summed E-state index contributed by atoms with van der Waals surface area (Å²) >= 11 is 8.26. The molecule has 4 atom stereocenters. The molecule has 1 aromatic carbocycles. The largest absolute Gasteiger partial charge is 0.479 e. The van der Waals surface area contributed by atoms with Crippen LogP contribution in [0.1, 0.15) is 20.3 Å². The number of thioether (sulfide) groups is 2. The zero-order valence-corrected chi connectivity index (χ0v) is 16.8. The van der Waals surface area contributed by atoms with Crippen LogP contribution < -0.4 is 5.32 Å². The van der Waals surface area contributed by atoms with Crippen molar-refractivity contribution in [3.05, 3.63) is 29.3 Å². The highest BCUT2D eigenvalue weighted by Gasteiger charge is 2.85. The van der Waals surface area contributed by atoms with Crippen molar-refractivity contribution in [2.75, 3.05) is 5.32 Å². The minimum Gasteiger partial charge on any atom is -0.479 e. The van der Waals surface area contributed by atoms with Gasteiger partial charge in [0, 0.05) is 24.1 Å². The summed E-state index contributed by atoms with van der Waals surface area (Å²) in [6, 6.07) is 6.19. The molecule has 2 N–H and O–H groups in total. The lowest BCUT2D eigenvalue weighted by Crippen LogP contribution is -2.66. The van der Waals surface area contributed by atoms with Crippen LogP contribution in [0.2, 0.25) is 5.02 Å². The lowest BCUT2D eigenvalue weighted by Gasteiger charge is -2.44. The van der Waals surface area contributed by atoms with E-state index in [1.54, 1.807) is 24.3 Å². The minimum atomic E-state index is -1.11. The number of rotatable bonds is 3. The highest BCUT2D eigenvalue weighted by atomic mass is 35.5. The van der Waals surface area contributed by atoms with E-state index in [0.717, 1.165) is 11.8 Å². The van der Waals surface area contributed by atoms with Gasteiger partial charge in [0.15, 0.2) is 21.9 Å². The number of carboxylic acid groups (broad SMARTS) is 1. The van der Waals surface area contributed by atoms with Crippen LogP contribution in [0.25, 0.3) is 0 Å². The quantitative estimate of drug-likeness (QED) is 0.436. The van der Waals surface area contributed by atoms with E-state index in [4.69, 9.17) is 11.6 Å². The Labute approximate surface area is 168 Å². The summed E-state index contributed by atoms with van der Waals surface area (Å²) in [6.45, 7) is 3.29. The number of carbonyl (C=O) groups is 3. The molecule has 10 heteroatoms. The fraction of sp³-hybridized carbons (Fsp3) is 0.412. The van der Waals surface area contributed by atoms with Crippen LogP contribution in [0.5, 0.6) is 0 Å². The average molecular weight is 426 g/mol. The molecule has 2 saturated heterocycles. The molecule has 0 radical (unpaired) electrons. The van der Waals surface area contributed by atoms with Gasteiger partial charge in [-0.2, -0.15) is 0 Å². The van der Waals surface area contributed by atoms with Crippen LogP contribution in [0, 0.1) is 0 Å². The van der Waals surface area contributed by atoms with Crippen molar-refractivity contribution >= 4 is 63.0 Å². The highest BCUT2D eigenvalue weighted by molar-refractivity contribution is 8.26. The van der Waals surface area contributed by atoms with Gasteiger partial charge in [-0.05, 0) is 43.0 Å². The van der Waals surface area contributed by atoms with E-state index in [0.29, 0.717) is 22.3 Å². The smallest absolute Gasteiger partial charge is 0.331 e. The Morgan fingerprint density at radius 3 is 2.67 bits per heavy atom. The fourth-order valence-electron chi connectivity index (χ4n) is 3.69. The predicted octanol–water partition coefficient (Wildman–Crippen LogP) is 2.66. The molecular formula is C17H16ClN3O4S2. The summed E-state index contributed by atoms with van der Waals surface area (Å²) in [6.07, 6.45) is 0.455. The normalized spacial score (nSPS) is 33.8. The fourth-order valence-corrected chi connectivity index (χ4v) is 6.32. The Balaban J connectivity index is 1.57. The maximum absolute atomic E-state index is 12.7. The number of β-lactam (4-membered cyclic amide) rings is 1. The molecule has 2 aliphatic heterocycles. The first kappa shape index (κ1) is 18.6. The van der Waals surface area contributed by atoms with E-state index in [2.05, 4.69) is 10.3 Å². The number of nitrogens with zero attached hydrogens (tertiary/aromatic N) is 2. The maximum Gasteiger partial charge on any atom is 0.331 e. The average Bonchev–Trinajstić information content (AvgIpc) is 3.12. The summed E-state index contributed by atoms with van der Waals surface area (Å²) in [5.41, 5.74) is -0.422. The zero-order chi connectivity index (χ0) is 19.6. The van der Waals surface area contributed by atoms with E-state index in [9.17, 15) is 19.5 Å². The first-order valence-corrected chi connectivity index (χ1v) is 10.3. The zero-order valence-electron chi connectivity index (χ0n) is 14.4. The number of benzene rings is 1. The topological polar surface area (TPSA) is 99.1 Å². The number of carboxylic acids is 1. The number of anilines is 1. The van der Waals surface area contributed by atoms with Gasteiger partial charge in [0.1, 0.15) is 5.37 Å². The third kappa shape index (κ3) is 2.75. The summed E-state index contributed by atoms with van der Waals surface area (Å²) in [5, 5.41) is 13.0. The second-order valence-corrected chi connectivity index (χ2v) is 10.1. The van der Waals surface area contributed by atoms with Crippen molar-refractivity contribution < 1.29 is 19.5 Å². The van der Waals surface area contributed by atoms with Crippen molar-refractivity contribution in [1.82, 2.24) is 4.90 Å². The number of carbonyl (C=O) groups excluding carboxylic acids is 2. The lowest BCUT2D eigenvalue weighted by atomic mass is 10.0. The molecule has 3 fully saturated rings. The molecule has 142 valence electrons. The number of fused-ring (bicyclic) bond motifs is 3. The van der Waals surface area contributed by atoms with E-state index in [1.165, 1.54) is 23.6 Å². The van der Waals surface area contributed by atoms with Gasteiger partial charge in [0.2, 0.25) is 0 Å². The Morgan fingerprint density at radius 2 is 2.07 bits per heavy atom. The van der Waals surface area contributed by atoms with Crippen molar-refractivity contribution in [2.45, 2.75) is 42.0 Å². The Kier molecular flexibility index (Phi) is 4.25. The summed E-state index contributed by atoms with van der Waals surface area (Å²) in [4.78, 5) is 41.9. The standard InChI is InChI=1S/C17H16ClN3O4S2/c1-8(22)26-15(19-10-5-3-9(18)4-6-10)20-11-12(23)21-13(11)27-16(2)7-17(16,21)14(24)25/h3-6,11,13H,7H2,1-2H3,(H,19,20)(H,24,25)/t11?,13-,16?,17?/m0/s1. The van der Waals surface area contributed by atoms with Gasteiger partial charge in [-0.25, -0.2) is 9.79 Å². The third-order valence-electron chi connectivity index (χ3n) is 5.10. The van der Waals surface area contributed by atoms with E-state index in [-0.39, 0.29) is 16.4 Å². The van der Waals surface area contributed by atoms with Crippen LogP contribution >= 0.6 is 35.1 Å². The summed E-state index contributed by atoms with van der Waals surface area (Å²) in [5.74, 6) is -1.27. The number of hydrogen-bond acceptors (Lipinski definition) is 6. The third-order valence-corrected chi connectivity index (χ3v) is 7.75. The predicted molar refractivity (Wildman–Crippen MR) is 106 cm³/mol. The van der Waals surface area contributed by atoms with E-state index >= 15 is 0 Å². The van der Waals surface area contributed by atoms with Crippen LogP contribution in [0.4, 0.5) is 5.69 Å². The molecule has 7 nitrogen and oxygen atoms in total. The van der Waals surface area contributed by atoms with Gasteiger partial charge >= 0.3 is 5.97 Å². The maximum atomic E-state index is 12.7. The molecule has 1 saturated carbocycles. The molecule has 27 heavy (non-hydrogen) atoms. The number of halogens is 1. The summed E-state index contributed by atoms with van der Waals surface area (Å²) in [7, 11) is 0. The summed E-state index contributed by atoms with van der Waals surface area (Å²) < 4.78 is -0.471. The van der Waals surface area contributed by atoms with Gasteiger partial charge in [0.25, 0.3) is 5.91 Å². The SMILES string of the molecule is CC(=O)SC(=NC1C(=O)N2[C@H]1SC1(C)CC21C(=O)O)Nc1ccc(Cl)cc1. The molecule has 0 bridgehead atoms. The number of amidine groups is 1. The van der Waals surface area contributed by atoms with Gasteiger partial charge < -0.3 is 15.3 Å². The number of aliphatic imine (C=N–C) groups is 1. The van der Waals surface area contributed by atoms with Gasteiger partial charge in [-0.1, -0.05) is 11.6 Å². The highest BCUT2D eigenvalue weighted by Crippen LogP contribution is 2.72. The van der Waals surface area contributed by atoms with Crippen molar-refractivity contribution in [3.8, 4) is 0 Å². The molecular weight excluding hydrogens is 410 g/mol. The number of nitrogens with one attached hydrogen (secondary N) is 1. The lowest BCUT2D eigenvalue weighted by molar-refractivity contribution is -0.161. The molecule has 0 aromatic heterocycles. The Morgan fingerprint density at radius 1 is 1.41 bits per heavy atom. The van der Waals surface area contributed by atoms with Crippen LogP contribution in [0.3, 0.4) is 0 Å². The second-order valence-electron chi connectivity index (χ2n) is 6.89. The molecule has 4 rings (SSSR count). The molecule has 1 aliphatic carbocycles. The van der Waals surface area contributed by atoms with Gasteiger partial charge in [-0.15, -0.1) is 11.8 Å². The molecule has 3 aliphatic rings. The Bertz CT molecular complexity index is 893. The van der Waals surface area contributed by atoms with E-state index < -0.39 is 22.3 Å². The van der Waals surface area contributed by atoms with Crippen LogP contribution in [0.15, 0.2) is 29.3 Å². The van der Waals surface area contributed by atoms with Gasteiger partial charge in [0.05, 0.1) is 4.75 Å². The van der Waals surface area contributed by atoms with Crippen molar-refractivity contribution in [2.24, 2.45) is 4.99 Å². The van der Waals surface area contributed by atoms with Crippen LogP contribution in [-0.2, 0) is 14.4 Å². The van der Waals surface area contributed by atoms with E-state index in [1.807, 2.05) is 6.92 Å². The first-order chi connectivity index (χ1) is 12.7. The molecule has 1 amide bonds. The number of aliphatic carboxylic acids is 1. The monoisotopic (exact) mass is 425 g/mol. The minimum absolute atomic E-state index is 0.172. The van der Waals surface area contributed by atoms with Gasteiger partial charge in [-0.3, -0.25) is 9.59 Å². The van der Waals surface area contributed by atoms with Crippen molar-refractivity contribution in [1.29, 1.82) is 0 Å². The molecule has 2 heterocycles. The first-order valence-electron chi connectivity index (χ1n) is 8.21.